The highest BCUT2D eigenvalue weighted by atomic mass is 19.1. The van der Waals surface area contributed by atoms with Crippen LogP contribution in [0.25, 0.3) is 0 Å². The van der Waals surface area contributed by atoms with Gasteiger partial charge in [-0.25, -0.2) is 4.39 Å². The summed E-state index contributed by atoms with van der Waals surface area (Å²) in [5.41, 5.74) is -1.38. The SMILES string of the molecule is COc1ccc(F)cc1C(=O)C1(C(=O)O)CC1. The number of ketones is 1. The van der Waals surface area contributed by atoms with Crippen molar-refractivity contribution in [2.24, 2.45) is 5.41 Å². The number of methoxy groups -OCH3 is 1. The van der Waals surface area contributed by atoms with Gasteiger partial charge in [-0.1, -0.05) is 0 Å². The van der Waals surface area contributed by atoms with Crippen molar-refractivity contribution in [3.05, 3.63) is 29.6 Å². The normalized spacial score (nSPS) is 16.4. The van der Waals surface area contributed by atoms with E-state index in [0.29, 0.717) is 12.8 Å². The van der Waals surface area contributed by atoms with Gasteiger partial charge in [-0.05, 0) is 31.0 Å². The minimum Gasteiger partial charge on any atom is -0.496 e. The maximum absolute atomic E-state index is 13.1. The molecule has 0 aliphatic heterocycles. The van der Waals surface area contributed by atoms with Crippen molar-refractivity contribution in [2.75, 3.05) is 7.11 Å². The molecule has 90 valence electrons. The molecule has 0 spiro atoms. The van der Waals surface area contributed by atoms with Gasteiger partial charge in [0.2, 0.25) is 0 Å². The van der Waals surface area contributed by atoms with Crippen LogP contribution < -0.4 is 4.74 Å². The predicted octanol–water partition coefficient (Wildman–Crippen LogP) is 1.88. The molecule has 1 aliphatic rings. The Morgan fingerprint density at radius 1 is 1.41 bits per heavy atom. The lowest BCUT2D eigenvalue weighted by Gasteiger charge is -2.12. The van der Waals surface area contributed by atoms with E-state index in [9.17, 15) is 14.0 Å². The first-order chi connectivity index (χ1) is 8.01. The van der Waals surface area contributed by atoms with Crippen molar-refractivity contribution >= 4 is 11.8 Å². The van der Waals surface area contributed by atoms with Crippen molar-refractivity contribution in [3.8, 4) is 5.75 Å². The summed E-state index contributed by atoms with van der Waals surface area (Å²) in [6, 6.07) is 3.50. The van der Waals surface area contributed by atoms with E-state index in [-0.39, 0.29) is 11.3 Å². The Morgan fingerprint density at radius 3 is 2.53 bits per heavy atom. The number of aliphatic carboxylic acids is 1. The molecule has 4 nitrogen and oxygen atoms in total. The lowest BCUT2D eigenvalue weighted by Crippen LogP contribution is -2.26. The highest BCUT2D eigenvalue weighted by molar-refractivity contribution is 6.15. The number of hydrogen-bond acceptors (Lipinski definition) is 3. The fourth-order valence-electron chi connectivity index (χ4n) is 1.78. The summed E-state index contributed by atoms with van der Waals surface area (Å²) in [4.78, 5) is 23.1. The van der Waals surface area contributed by atoms with Gasteiger partial charge in [0.25, 0.3) is 0 Å². The molecule has 0 atom stereocenters. The highest BCUT2D eigenvalue weighted by Gasteiger charge is 2.57. The van der Waals surface area contributed by atoms with Crippen molar-refractivity contribution in [2.45, 2.75) is 12.8 Å². The second-order valence-electron chi connectivity index (χ2n) is 4.06. The average molecular weight is 238 g/mol. The van der Waals surface area contributed by atoms with Crippen LogP contribution in [0.3, 0.4) is 0 Å². The molecule has 0 heterocycles. The molecule has 1 aromatic carbocycles. The van der Waals surface area contributed by atoms with E-state index in [1.165, 1.54) is 13.2 Å². The minimum absolute atomic E-state index is 0.00704. The molecule has 1 saturated carbocycles. The summed E-state index contributed by atoms with van der Waals surface area (Å²) in [5, 5.41) is 9.01. The first kappa shape index (κ1) is 11.6. The van der Waals surface area contributed by atoms with Gasteiger partial charge in [0, 0.05) is 0 Å². The Morgan fingerprint density at radius 2 is 2.06 bits per heavy atom. The minimum atomic E-state index is -1.37. The molecular weight excluding hydrogens is 227 g/mol. The molecule has 0 unspecified atom stereocenters. The summed E-state index contributed by atoms with van der Waals surface area (Å²) < 4.78 is 18.0. The van der Waals surface area contributed by atoms with Crippen LogP contribution in [0.15, 0.2) is 18.2 Å². The second-order valence-corrected chi connectivity index (χ2v) is 4.06. The lowest BCUT2D eigenvalue weighted by molar-refractivity contribution is -0.141. The summed E-state index contributed by atoms with van der Waals surface area (Å²) in [6.45, 7) is 0. The smallest absolute Gasteiger partial charge is 0.317 e. The Labute approximate surface area is 97.0 Å². The quantitative estimate of drug-likeness (QED) is 0.642. The molecular formula is C12H11FO4. The molecule has 0 saturated heterocycles. The number of carboxylic acids is 1. The van der Waals surface area contributed by atoms with Crippen LogP contribution in [0.5, 0.6) is 5.75 Å². The number of carboxylic acid groups (broad SMARTS) is 1. The summed E-state index contributed by atoms with van der Waals surface area (Å²) in [7, 11) is 1.35. The molecule has 0 radical (unpaired) electrons. The van der Waals surface area contributed by atoms with E-state index >= 15 is 0 Å². The van der Waals surface area contributed by atoms with Gasteiger partial charge >= 0.3 is 5.97 Å². The standard InChI is InChI=1S/C12H11FO4/c1-17-9-3-2-7(13)6-8(9)10(14)12(4-5-12)11(15)16/h2-3,6H,4-5H2,1H3,(H,15,16). The van der Waals surface area contributed by atoms with Gasteiger partial charge < -0.3 is 9.84 Å². The second kappa shape index (κ2) is 3.84. The fourth-order valence-corrected chi connectivity index (χ4v) is 1.78. The first-order valence-corrected chi connectivity index (χ1v) is 5.13. The number of carbonyl (C=O) groups is 2. The van der Waals surface area contributed by atoms with E-state index < -0.39 is 23.0 Å². The van der Waals surface area contributed by atoms with Crippen molar-refractivity contribution < 1.29 is 23.8 Å². The number of rotatable bonds is 4. The maximum atomic E-state index is 13.1. The topological polar surface area (TPSA) is 63.6 Å². The van der Waals surface area contributed by atoms with Crippen LogP contribution in [-0.4, -0.2) is 24.0 Å². The number of benzene rings is 1. The molecule has 17 heavy (non-hydrogen) atoms. The zero-order chi connectivity index (χ0) is 12.6. The van der Waals surface area contributed by atoms with Crippen LogP contribution >= 0.6 is 0 Å². The average Bonchev–Trinajstić information content (AvgIpc) is 3.09. The molecule has 1 aliphatic carbocycles. The molecule has 0 bridgehead atoms. The van der Waals surface area contributed by atoms with Crippen molar-refractivity contribution in [1.82, 2.24) is 0 Å². The van der Waals surface area contributed by atoms with E-state index in [4.69, 9.17) is 9.84 Å². The highest BCUT2D eigenvalue weighted by Crippen LogP contribution is 2.49. The molecule has 1 fully saturated rings. The number of ether oxygens (including phenoxy) is 1. The van der Waals surface area contributed by atoms with Gasteiger partial charge in [0.05, 0.1) is 12.7 Å². The number of Topliss-reactive ketones (excluding diaryl/α,β-unsaturated/α-hetero) is 1. The molecule has 1 aromatic rings. The van der Waals surface area contributed by atoms with Gasteiger partial charge in [-0.3, -0.25) is 9.59 Å². The summed E-state index contributed by atoms with van der Waals surface area (Å²) in [6.07, 6.45) is 0.585. The molecule has 2 rings (SSSR count). The summed E-state index contributed by atoms with van der Waals surface area (Å²) in [5.74, 6) is -2.13. The van der Waals surface area contributed by atoms with Crippen molar-refractivity contribution in [3.63, 3.8) is 0 Å². The van der Waals surface area contributed by atoms with E-state index in [2.05, 4.69) is 0 Å². The third-order valence-electron chi connectivity index (χ3n) is 3.00. The van der Waals surface area contributed by atoms with Crippen LogP contribution in [0.4, 0.5) is 4.39 Å². The van der Waals surface area contributed by atoms with Gasteiger partial charge in [0.15, 0.2) is 5.78 Å². The zero-order valence-corrected chi connectivity index (χ0v) is 9.20. The first-order valence-electron chi connectivity index (χ1n) is 5.13. The molecule has 1 N–H and O–H groups in total. The third-order valence-corrected chi connectivity index (χ3v) is 3.00. The Bertz CT molecular complexity index is 491. The van der Waals surface area contributed by atoms with Gasteiger partial charge in [-0.2, -0.15) is 0 Å². The number of hydrogen-bond donors (Lipinski definition) is 1. The summed E-state index contributed by atoms with van der Waals surface area (Å²) >= 11 is 0. The predicted molar refractivity (Wildman–Crippen MR) is 56.6 cm³/mol. The number of halogens is 1. The Balaban J connectivity index is 2.44. The van der Waals surface area contributed by atoms with Crippen LogP contribution in [0, 0.1) is 11.2 Å². The monoisotopic (exact) mass is 238 g/mol. The van der Waals surface area contributed by atoms with Gasteiger partial charge in [-0.15, -0.1) is 0 Å². The zero-order valence-electron chi connectivity index (χ0n) is 9.20. The van der Waals surface area contributed by atoms with E-state index in [1.54, 1.807) is 0 Å². The molecule has 0 amide bonds. The lowest BCUT2D eigenvalue weighted by atomic mass is 9.94. The third kappa shape index (κ3) is 1.77. The maximum Gasteiger partial charge on any atom is 0.317 e. The molecule has 0 aromatic heterocycles. The van der Waals surface area contributed by atoms with Crippen LogP contribution in [0.2, 0.25) is 0 Å². The van der Waals surface area contributed by atoms with Crippen LogP contribution in [-0.2, 0) is 4.79 Å². The van der Waals surface area contributed by atoms with Crippen LogP contribution in [0.1, 0.15) is 23.2 Å². The largest absolute Gasteiger partial charge is 0.496 e. The van der Waals surface area contributed by atoms with E-state index in [1.807, 2.05) is 0 Å². The van der Waals surface area contributed by atoms with Gasteiger partial charge in [0.1, 0.15) is 17.0 Å². The Kier molecular flexibility index (Phi) is 2.61. The number of carbonyl (C=O) groups excluding carboxylic acids is 1. The molecule has 5 heteroatoms. The van der Waals surface area contributed by atoms with E-state index in [0.717, 1.165) is 12.1 Å². The van der Waals surface area contributed by atoms with Crippen molar-refractivity contribution in [1.29, 1.82) is 0 Å². The fraction of sp³-hybridized carbons (Fsp3) is 0.333. The Hall–Kier alpha value is -1.91.